The van der Waals surface area contributed by atoms with E-state index in [1.165, 1.54) is 0 Å². The number of esters is 2. The number of ether oxygens (including phenoxy) is 2. The summed E-state index contributed by atoms with van der Waals surface area (Å²) in [7, 11) is 0. The van der Waals surface area contributed by atoms with E-state index in [2.05, 4.69) is 25.3 Å². The third kappa shape index (κ3) is 6.93. The molecule has 0 fully saturated rings. The highest BCUT2D eigenvalue weighted by Gasteiger charge is 2.32. The third-order valence-electron chi connectivity index (χ3n) is 3.48. The Morgan fingerprint density at radius 1 is 1.05 bits per heavy atom. The van der Waals surface area contributed by atoms with E-state index in [1.54, 1.807) is 13.8 Å². The van der Waals surface area contributed by atoms with Gasteiger partial charge in [0.05, 0.1) is 23.9 Å². The summed E-state index contributed by atoms with van der Waals surface area (Å²) in [6.07, 6.45) is 0.522. The lowest BCUT2D eigenvalue weighted by Crippen LogP contribution is -2.38. The van der Waals surface area contributed by atoms with Crippen LogP contribution in [0.3, 0.4) is 0 Å². The largest absolute Gasteiger partial charge is 0.465 e. The maximum absolute atomic E-state index is 11.7. The Labute approximate surface area is 137 Å². The molecule has 7 heteroatoms. The minimum Gasteiger partial charge on any atom is -0.465 e. The van der Waals surface area contributed by atoms with Crippen molar-refractivity contribution in [3.8, 4) is 0 Å². The average Bonchev–Trinajstić information content (AvgIpc) is 2.53. The second-order valence-corrected chi connectivity index (χ2v) is 6.12. The van der Waals surface area contributed by atoms with Crippen molar-refractivity contribution in [1.82, 2.24) is 0 Å². The van der Waals surface area contributed by atoms with E-state index in [1.807, 2.05) is 6.92 Å². The molecule has 0 saturated heterocycles. The van der Waals surface area contributed by atoms with Gasteiger partial charge < -0.3 is 14.6 Å². The van der Waals surface area contributed by atoms with Gasteiger partial charge in [0.2, 0.25) is 0 Å². The van der Waals surface area contributed by atoms with Gasteiger partial charge in [0.1, 0.15) is 13.2 Å². The molecule has 1 N–H and O–H groups in total. The van der Waals surface area contributed by atoms with Gasteiger partial charge in [-0.1, -0.05) is 20.8 Å². The Morgan fingerprint density at radius 3 is 1.67 bits per heavy atom. The fraction of sp³-hybridized carbons (Fsp3) is 0.857. The second-order valence-electron chi connectivity index (χ2n) is 5.39. The summed E-state index contributed by atoms with van der Waals surface area (Å²) in [5.74, 6) is -0.573. The van der Waals surface area contributed by atoms with E-state index in [9.17, 15) is 14.7 Å². The predicted octanol–water partition coefficient (Wildman–Crippen LogP) is 1.59. The minimum atomic E-state index is -0.766. The minimum absolute atomic E-state index is 0.0134. The van der Waals surface area contributed by atoms with Crippen molar-refractivity contribution >= 4 is 37.2 Å². The van der Waals surface area contributed by atoms with E-state index in [4.69, 9.17) is 9.47 Å². The first-order valence-corrected chi connectivity index (χ1v) is 8.28. The van der Waals surface area contributed by atoms with Gasteiger partial charge in [-0.2, -0.15) is 25.3 Å². The van der Waals surface area contributed by atoms with Crippen LogP contribution in [0.5, 0.6) is 0 Å². The standard InChI is InChI=1S/C14H26O5S2/c1-4-14(7-15,8-18-12(16)10(2)5-20)9-19-13(17)11(3)6-21/h10-11,15,20-21H,4-9H2,1-3H3. The first-order valence-electron chi connectivity index (χ1n) is 7.01. The SMILES string of the molecule is CCC(CO)(COC(=O)C(C)CS)COC(=O)C(C)CS. The molecule has 0 aromatic heterocycles. The molecule has 0 aliphatic heterocycles. The van der Waals surface area contributed by atoms with Crippen molar-refractivity contribution in [3.05, 3.63) is 0 Å². The van der Waals surface area contributed by atoms with E-state index < -0.39 is 5.41 Å². The van der Waals surface area contributed by atoms with Crippen LogP contribution >= 0.6 is 25.3 Å². The van der Waals surface area contributed by atoms with Crippen molar-refractivity contribution in [2.24, 2.45) is 17.3 Å². The van der Waals surface area contributed by atoms with Gasteiger partial charge in [-0.15, -0.1) is 0 Å². The van der Waals surface area contributed by atoms with E-state index >= 15 is 0 Å². The number of thiol groups is 2. The van der Waals surface area contributed by atoms with Crippen molar-refractivity contribution < 1.29 is 24.2 Å². The smallest absolute Gasteiger partial charge is 0.309 e. The molecule has 5 nitrogen and oxygen atoms in total. The Kier molecular flexibility index (Phi) is 10.1. The number of hydrogen-bond acceptors (Lipinski definition) is 7. The molecular formula is C14H26O5S2. The fourth-order valence-corrected chi connectivity index (χ4v) is 1.63. The maximum Gasteiger partial charge on any atom is 0.309 e. The number of carbonyl (C=O) groups excluding carboxylic acids is 2. The quantitative estimate of drug-likeness (QED) is 0.417. The van der Waals surface area contributed by atoms with Gasteiger partial charge >= 0.3 is 11.9 Å². The molecule has 2 atom stereocenters. The average molecular weight is 338 g/mol. The maximum atomic E-state index is 11.7. The monoisotopic (exact) mass is 338 g/mol. The van der Waals surface area contributed by atoms with E-state index in [0.717, 1.165) is 0 Å². The molecule has 21 heavy (non-hydrogen) atoms. The van der Waals surface area contributed by atoms with E-state index in [0.29, 0.717) is 17.9 Å². The zero-order valence-electron chi connectivity index (χ0n) is 12.9. The topological polar surface area (TPSA) is 72.8 Å². The summed E-state index contributed by atoms with van der Waals surface area (Å²) in [5, 5.41) is 9.58. The zero-order chi connectivity index (χ0) is 16.5. The highest BCUT2D eigenvalue weighted by Crippen LogP contribution is 2.23. The van der Waals surface area contributed by atoms with Crippen LogP contribution < -0.4 is 0 Å². The molecule has 0 spiro atoms. The molecule has 0 saturated carbocycles. The van der Waals surface area contributed by atoms with Crippen LogP contribution in [0.2, 0.25) is 0 Å². The van der Waals surface area contributed by atoms with Gasteiger partial charge in [0, 0.05) is 11.5 Å². The van der Waals surface area contributed by atoms with Crippen LogP contribution in [0, 0.1) is 17.3 Å². The molecule has 0 radical (unpaired) electrons. The van der Waals surface area contributed by atoms with Gasteiger partial charge in [0.15, 0.2) is 0 Å². The van der Waals surface area contributed by atoms with Crippen molar-refractivity contribution in [3.63, 3.8) is 0 Å². The molecule has 0 aromatic rings. The lowest BCUT2D eigenvalue weighted by atomic mass is 9.88. The number of hydrogen-bond donors (Lipinski definition) is 3. The third-order valence-corrected chi connectivity index (χ3v) is 4.57. The second kappa shape index (κ2) is 10.3. The molecular weight excluding hydrogens is 312 g/mol. The Balaban J connectivity index is 4.55. The van der Waals surface area contributed by atoms with Crippen molar-refractivity contribution in [2.75, 3.05) is 31.3 Å². The first-order chi connectivity index (χ1) is 9.85. The molecule has 0 rings (SSSR count). The molecule has 0 aliphatic carbocycles. The Hall–Kier alpha value is -0.400. The predicted molar refractivity (Wildman–Crippen MR) is 87.8 cm³/mol. The van der Waals surface area contributed by atoms with Crippen LogP contribution in [0.25, 0.3) is 0 Å². The summed E-state index contributed by atoms with van der Waals surface area (Å²) < 4.78 is 10.4. The van der Waals surface area contributed by atoms with Gasteiger partial charge in [0.25, 0.3) is 0 Å². The van der Waals surface area contributed by atoms with Crippen LogP contribution in [0.15, 0.2) is 0 Å². The molecule has 0 amide bonds. The Morgan fingerprint density at radius 2 is 1.43 bits per heavy atom. The van der Waals surface area contributed by atoms with Crippen LogP contribution in [-0.4, -0.2) is 48.4 Å². The molecule has 2 unspecified atom stereocenters. The number of aliphatic hydroxyl groups is 1. The molecule has 0 aliphatic rings. The van der Waals surface area contributed by atoms with Gasteiger partial charge in [-0.25, -0.2) is 0 Å². The molecule has 0 heterocycles. The highest BCUT2D eigenvalue weighted by molar-refractivity contribution is 7.80. The highest BCUT2D eigenvalue weighted by atomic mass is 32.1. The van der Waals surface area contributed by atoms with Gasteiger partial charge in [-0.05, 0) is 6.42 Å². The van der Waals surface area contributed by atoms with E-state index in [-0.39, 0.29) is 43.6 Å². The van der Waals surface area contributed by atoms with Crippen LogP contribution in [0.1, 0.15) is 27.2 Å². The number of carbonyl (C=O) groups is 2. The number of aliphatic hydroxyl groups excluding tert-OH is 1. The summed E-state index contributed by atoms with van der Waals surface area (Å²) in [6.45, 7) is 5.09. The number of rotatable bonds is 10. The van der Waals surface area contributed by atoms with Crippen LogP contribution in [-0.2, 0) is 19.1 Å². The first kappa shape index (κ1) is 20.6. The summed E-state index contributed by atoms with van der Waals surface area (Å²) in [4.78, 5) is 23.3. The zero-order valence-corrected chi connectivity index (χ0v) is 14.7. The summed E-state index contributed by atoms with van der Waals surface area (Å²) in [6, 6.07) is 0. The molecule has 124 valence electrons. The molecule has 0 aromatic carbocycles. The summed E-state index contributed by atoms with van der Waals surface area (Å²) in [5.41, 5.74) is -0.766. The lowest BCUT2D eigenvalue weighted by Gasteiger charge is -2.30. The summed E-state index contributed by atoms with van der Waals surface area (Å²) >= 11 is 8.08. The van der Waals surface area contributed by atoms with Crippen molar-refractivity contribution in [1.29, 1.82) is 0 Å². The van der Waals surface area contributed by atoms with Crippen molar-refractivity contribution in [2.45, 2.75) is 27.2 Å². The fourth-order valence-electron chi connectivity index (χ4n) is 1.33. The van der Waals surface area contributed by atoms with Crippen LogP contribution in [0.4, 0.5) is 0 Å². The molecule has 0 bridgehead atoms. The normalized spacial score (nSPS) is 16.7. The van der Waals surface area contributed by atoms with Gasteiger partial charge in [-0.3, -0.25) is 9.59 Å². The lowest BCUT2D eigenvalue weighted by molar-refractivity contribution is -0.160. The Bertz CT molecular complexity index is 303.